The largest absolute Gasteiger partial charge is 0.416 e. The standard InChI is InChI=1S/C19H20F3N3O3/c1-10(7-18(13-4-5-13)16(27)23-17(28)24-18)15(26)25-8-11-2-3-14(19(20,21)22)6-12(11)9-25/h2-3,6,10,13H,4-5,7-9H2,1H3,(H2,23,24,27,28)/t10-,18+/m0/s1. The minimum Gasteiger partial charge on any atom is -0.334 e. The van der Waals surface area contributed by atoms with E-state index < -0.39 is 35.1 Å². The number of carbonyl (C=O) groups excluding carboxylic acids is 3. The van der Waals surface area contributed by atoms with Crippen molar-refractivity contribution < 1.29 is 27.6 Å². The Balaban J connectivity index is 1.47. The van der Waals surface area contributed by atoms with E-state index in [0.29, 0.717) is 11.1 Å². The summed E-state index contributed by atoms with van der Waals surface area (Å²) < 4.78 is 38.7. The van der Waals surface area contributed by atoms with E-state index in [1.807, 2.05) is 0 Å². The third kappa shape index (κ3) is 3.12. The number of nitrogens with one attached hydrogen (secondary N) is 2. The van der Waals surface area contributed by atoms with E-state index in [-0.39, 0.29) is 31.3 Å². The maximum atomic E-state index is 12.9. The van der Waals surface area contributed by atoms with E-state index in [2.05, 4.69) is 10.6 Å². The normalized spacial score (nSPS) is 25.4. The maximum absolute atomic E-state index is 12.9. The van der Waals surface area contributed by atoms with Crippen molar-refractivity contribution in [2.75, 3.05) is 0 Å². The summed E-state index contributed by atoms with van der Waals surface area (Å²) in [5.41, 5.74) is -0.620. The van der Waals surface area contributed by atoms with Gasteiger partial charge in [-0.3, -0.25) is 14.9 Å². The molecule has 1 saturated carbocycles. The molecule has 28 heavy (non-hydrogen) atoms. The SMILES string of the molecule is C[C@@H](C[C@]1(C2CC2)NC(=O)NC1=O)C(=O)N1Cc2ccc(C(F)(F)F)cc2C1. The fraction of sp³-hybridized carbons (Fsp3) is 0.526. The van der Waals surface area contributed by atoms with Crippen LogP contribution in [0, 0.1) is 11.8 Å². The quantitative estimate of drug-likeness (QED) is 0.770. The van der Waals surface area contributed by atoms with E-state index in [1.165, 1.54) is 11.0 Å². The minimum atomic E-state index is -4.43. The van der Waals surface area contributed by atoms with Crippen LogP contribution in [-0.2, 0) is 28.9 Å². The van der Waals surface area contributed by atoms with Gasteiger partial charge in [0.05, 0.1) is 5.56 Å². The molecule has 2 atom stereocenters. The highest BCUT2D eigenvalue weighted by atomic mass is 19.4. The number of imide groups is 1. The molecular formula is C19H20F3N3O3. The molecule has 1 saturated heterocycles. The van der Waals surface area contributed by atoms with Gasteiger partial charge in [0.2, 0.25) is 5.91 Å². The zero-order chi connectivity index (χ0) is 20.3. The summed E-state index contributed by atoms with van der Waals surface area (Å²) in [4.78, 5) is 38.4. The second kappa shape index (κ2) is 6.22. The predicted molar refractivity (Wildman–Crippen MR) is 91.6 cm³/mol. The smallest absolute Gasteiger partial charge is 0.334 e. The van der Waals surface area contributed by atoms with Crippen LogP contribution in [0.3, 0.4) is 0 Å². The Morgan fingerprint density at radius 3 is 2.50 bits per heavy atom. The first-order chi connectivity index (χ1) is 13.1. The van der Waals surface area contributed by atoms with Gasteiger partial charge in [0.25, 0.3) is 5.91 Å². The molecule has 0 aromatic heterocycles. The van der Waals surface area contributed by atoms with E-state index in [1.54, 1.807) is 6.92 Å². The van der Waals surface area contributed by atoms with Crippen LogP contribution in [0.4, 0.5) is 18.0 Å². The lowest BCUT2D eigenvalue weighted by atomic mass is 9.83. The summed E-state index contributed by atoms with van der Waals surface area (Å²) in [7, 11) is 0. The molecule has 9 heteroatoms. The van der Waals surface area contributed by atoms with Crippen molar-refractivity contribution in [1.82, 2.24) is 15.5 Å². The molecule has 2 N–H and O–H groups in total. The van der Waals surface area contributed by atoms with Crippen LogP contribution in [0.25, 0.3) is 0 Å². The molecule has 1 aliphatic carbocycles. The van der Waals surface area contributed by atoms with Gasteiger partial charge in [-0.05, 0) is 48.4 Å². The van der Waals surface area contributed by atoms with Crippen molar-refractivity contribution >= 4 is 17.8 Å². The van der Waals surface area contributed by atoms with Crippen LogP contribution in [0.2, 0.25) is 0 Å². The topological polar surface area (TPSA) is 78.5 Å². The third-order valence-electron chi connectivity index (χ3n) is 5.86. The van der Waals surface area contributed by atoms with Crippen LogP contribution in [0.1, 0.15) is 42.9 Å². The summed E-state index contributed by atoms with van der Waals surface area (Å²) in [6.45, 7) is 2.04. The van der Waals surface area contributed by atoms with Crippen LogP contribution in [0.15, 0.2) is 18.2 Å². The van der Waals surface area contributed by atoms with Crippen LogP contribution >= 0.6 is 0 Å². The van der Waals surface area contributed by atoms with Crippen molar-refractivity contribution in [3.63, 3.8) is 0 Å². The number of urea groups is 1. The first-order valence-corrected chi connectivity index (χ1v) is 9.21. The minimum absolute atomic E-state index is 0.0133. The molecule has 0 radical (unpaired) electrons. The molecular weight excluding hydrogens is 375 g/mol. The van der Waals surface area contributed by atoms with Crippen molar-refractivity contribution in [3.8, 4) is 0 Å². The highest BCUT2D eigenvalue weighted by molar-refractivity contribution is 6.07. The first kappa shape index (κ1) is 18.8. The summed E-state index contributed by atoms with van der Waals surface area (Å²) in [5.74, 6) is -1.18. The molecule has 2 heterocycles. The molecule has 3 aliphatic rings. The summed E-state index contributed by atoms with van der Waals surface area (Å²) >= 11 is 0. The lowest BCUT2D eigenvalue weighted by Crippen LogP contribution is -2.51. The summed E-state index contributed by atoms with van der Waals surface area (Å²) in [6.07, 6.45) is -2.63. The number of alkyl halides is 3. The molecule has 1 aromatic rings. The van der Waals surface area contributed by atoms with E-state index in [0.717, 1.165) is 25.0 Å². The number of halogens is 3. The Kier molecular flexibility index (Phi) is 4.17. The van der Waals surface area contributed by atoms with E-state index in [4.69, 9.17) is 0 Å². The molecule has 4 rings (SSSR count). The lowest BCUT2D eigenvalue weighted by Gasteiger charge is -2.30. The Labute approximate surface area is 159 Å². The van der Waals surface area contributed by atoms with Gasteiger partial charge >= 0.3 is 12.2 Å². The van der Waals surface area contributed by atoms with Gasteiger partial charge in [0.1, 0.15) is 5.54 Å². The summed E-state index contributed by atoms with van der Waals surface area (Å²) in [6, 6.07) is 2.97. The molecule has 0 unspecified atom stereocenters. The zero-order valence-corrected chi connectivity index (χ0v) is 15.2. The lowest BCUT2D eigenvalue weighted by molar-refractivity contribution is -0.138. The number of fused-ring (bicyclic) bond motifs is 1. The van der Waals surface area contributed by atoms with Gasteiger partial charge in [-0.15, -0.1) is 0 Å². The number of benzene rings is 1. The number of hydrogen-bond acceptors (Lipinski definition) is 3. The summed E-state index contributed by atoms with van der Waals surface area (Å²) in [5, 5.41) is 4.96. The molecule has 0 bridgehead atoms. The van der Waals surface area contributed by atoms with Gasteiger partial charge in [-0.2, -0.15) is 13.2 Å². The first-order valence-electron chi connectivity index (χ1n) is 9.21. The van der Waals surface area contributed by atoms with Crippen molar-refractivity contribution in [1.29, 1.82) is 0 Å². The van der Waals surface area contributed by atoms with Gasteiger partial charge in [0, 0.05) is 19.0 Å². The second-order valence-electron chi connectivity index (χ2n) is 7.93. The second-order valence-corrected chi connectivity index (χ2v) is 7.93. The maximum Gasteiger partial charge on any atom is 0.416 e. The Hall–Kier alpha value is -2.58. The molecule has 6 nitrogen and oxygen atoms in total. The predicted octanol–water partition coefficient (Wildman–Crippen LogP) is 2.56. The molecule has 2 fully saturated rings. The van der Waals surface area contributed by atoms with Gasteiger partial charge in [-0.25, -0.2) is 4.79 Å². The molecule has 1 aromatic carbocycles. The Morgan fingerprint density at radius 2 is 1.93 bits per heavy atom. The van der Waals surface area contributed by atoms with Gasteiger partial charge < -0.3 is 10.2 Å². The van der Waals surface area contributed by atoms with Crippen molar-refractivity contribution in [2.24, 2.45) is 11.8 Å². The van der Waals surface area contributed by atoms with Gasteiger partial charge in [-0.1, -0.05) is 13.0 Å². The Morgan fingerprint density at radius 1 is 1.25 bits per heavy atom. The number of rotatable bonds is 4. The third-order valence-corrected chi connectivity index (χ3v) is 5.86. The Bertz CT molecular complexity index is 866. The molecule has 4 amide bonds. The molecule has 0 spiro atoms. The van der Waals surface area contributed by atoms with Crippen LogP contribution in [0.5, 0.6) is 0 Å². The van der Waals surface area contributed by atoms with Crippen molar-refractivity contribution in [2.45, 2.75) is 51.0 Å². The van der Waals surface area contributed by atoms with E-state index >= 15 is 0 Å². The average Bonchev–Trinajstić information content (AvgIpc) is 3.31. The van der Waals surface area contributed by atoms with Gasteiger partial charge in [0.15, 0.2) is 0 Å². The highest BCUT2D eigenvalue weighted by Crippen LogP contribution is 2.45. The van der Waals surface area contributed by atoms with Crippen LogP contribution in [-0.4, -0.2) is 28.3 Å². The highest BCUT2D eigenvalue weighted by Gasteiger charge is 2.56. The fourth-order valence-electron chi connectivity index (χ4n) is 4.29. The van der Waals surface area contributed by atoms with Crippen molar-refractivity contribution in [3.05, 3.63) is 34.9 Å². The number of nitrogens with zero attached hydrogens (tertiary/aromatic N) is 1. The van der Waals surface area contributed by atoms with E-state index in [9.17, 15) is 27.6 Å². The number of carbonyl (C=O) groups is 3. The molecule has 2 aliphatic heterocycles. The number of amides is 4. The van der Waals surface area contributed by atoms with Crippen LogP contribution < -0.4 is 10.6 Å². The zero-order valence-electron chi connectivity index (χ0n) is 15.2. The molecule has 150 valence electrons. The fourth-order valence-corrected chi connectivity index (χ4v) is 4.29. The number of hydrogen-bond donors (Lipinski definition) is 2. The average molecular weight is 395 g/mol. The monoisotopic (exact) mass is 395 g/mol.